The first-order valence-corrected chi connectivity index (χ1v) is 10.9. The summed E-state index contributed by atoms with van der Waals surface area (Å²) < 4.78 is 37.7. The number of hydrogen-bond donors (Lipinski definition) is 2. The van der Waals surface area contributed by atoms with E-state index in [4.69, 9.17) is 9.47 Å². The van der Waals surface area contributed by atoms with Crippen LogP contribution in [0.25, 0.3) is 0 Å². The fraction of sp³-hybridized carbons (Fsp3) is 0.381. The van der Waals surface area contributed by atoms with Crippen LogP contribution >= 0.6 is 0 Å². The molecule has 0 spiro atoms. The summed E-state index contributed by atoms with van der Waals surface area (Å²) in [5.74, 6) is 1.03. The van der Waals surface area contributed by atoms with Crippen molar-refractivity contribution in [1.29, 1.82) is 0 Å². The molecule has 2 N–H and O–H groups in total. The molecule has 2 rings (SSSR count). The SMILES string of the molecule is COc1ccccc1C(C)NC(=O)COc1ccc(S(=O)(=O)NCC(C)C)cc1. The number of amides is 1. The topological polar surface area (TPSA) is 93.7 Å². The molecular formula is C21H28N2O5S. The minimum Gasteiger partial charge on any atom is -0.496 e. The van der Waals surface area contributed by atoms with E-state index in [1.165, 1.54) is 24.3 Å². The Labute approximate surface area is 172 Å². The number of ether oxygens (including phenoxy) is 2. The lowest BCUT2D eigenvalue weighted by molar-refractivity contribution is -0.123. The van der Waals surface area contributed by atoms with Crippen molar-refractivity contribution in [3.63, 3.8) is 0 Å². The molecule has 0 fully saturated rings. The van der Waals surface area contributed by atoms with Gasteiger partial charge in [0.25, 0.3) is 5.91 Å². The van der Waals surface area contributed by atoms with Crippen LogP contribution in [0.5, 0.6) is 11.5 Å². The smallest absolute Gasteiger partial charge is 0.258 e. The van der Waals surface area contributed by atoms with E-state index in [-0.39, 0.29) is 29.4 Å². The maximum atomic E-state index is 12.2. The van der Waals surface area contributed by atoms with Crippen molar-refractivity contribution in [2.75, 3.05) is 20.3 Å². The molecule has 158 valence electrons. The Morgan fingerprint density at radius 2 is 1.69 bits per heavy atom. The Morgan fingerprint density at radius 3 is 2.31 bits per heavy atom. The summed E-state index contributed by atoms with van der Waals surface area (Å²) in [7, 11) is -1.97. The first kappa shape index (κ1) is 22.7. The van der Waals surface area contributed by atoms with Gasteiger partial charge in [0.1, 0.15) is 11.5 Å². The van der Waals surface area contributed by atoms with Gasteiger partial charge in [-0.25, -0.2) is 13.1 Å². The number of methoxy groups -OCH3 is 1. The van der Waals surface area contributed by atoms with E-state index in [0.717, 1.165) is 5.56 Å². The maximum absolute atomic E-state index is 12.2. The minimum absolute atomic E-state index is 0.153. The van der Waals surface area contributed by atoms with Crippen molar-refractivity contribution >= 4 is 15.9 Å². The van der Waals surface area contributed by atoms with Gasteiger partial charge < -0.3 is 14.8 Å². The van der Waals surface area contributed by atoms with E-state index in [1.54, 1.807) is 7.11 Å². The summed E-state index contributed by atoms with van der Waals surface area (Å²) in [5, 5.41) is 2.85. The van der Waals surface area contributed by atoms with Gasteiger partial charge in [-0.1, -0.05) is 32.0 Å². The van der Waals surface area contributed by atoms with E-state index < -0.39 is 10.0 Å². The van der Waals surface area contributed by atoms with E-state index in [0.29, 0.717) is 18.0 Å². The molecule has 0 bridgehead atoms. The molecule has 0 saturated heterocycles. The third kappa shape index (κ3) is 6.76. The summed E-state index contributed by atoms with van der Waals surface area (Å²) in [5.41, 5.74) is 0.867. The predicted molar refractivity (Wildman–Crippen MR) is 112 cm³/mol. The molecule has 0 aliphatic heterocycles. The average Bonchev–Trinajstić information content (AvgIpc) is 2.71. The highest BCUT2D eigenvalue weighted by atomic mass is 32.2. The van der Waals surface area contributed by atoms with E-state index >= 15 is 0 Å². The molecule has 0 radical (unpaired) electrons. The zero-order chi connectivity index (χ0) is 21.4. The van der Waals surface area contributed by atoms with Crippen molar-refractivity contribution in [2.45, 2.75) is 31.7 Å². The fourth-order valence-corrected chi connectivity index (χ4v) is 3.82. The highest BCUT2D eigenvalue weighted by molar-refractivity contribution is 7.89. The molecule has 1 atom stereocenters. The predicted octanol–water partition coefficient (Wildman–Crippen LogP) is 2.89. The molecule has 0 aliphatic rings. The monoisotopic (exact) mass is 420 g/mol. The van der Waals surface area contributed by atoms with Crippen LogP contribution in [0.15, 0.2) is 53.4 Å². The standard InChI is InChI=1S/C21H28N2O5S/c1-15(2)13-22-29(25,26)18-11-9-17(10-12-18)28-14-21(24)23-16(3)19-7-5-6-8-20(19)27-4/h5-12,15-16,22H,13-14H2,1-4H3,(H,23,24). The van der Waals surface area contributed by atoms with Crippen LogP contribution in [-0.4, -0.2) is 34.6 Å². The normalized spacial score (nSPS) is 12.4. The molecular weight excluding hydrogens is 392 g/mol. The molecule has 0 aliphatic carbocycles. The number of rotatable bonds is 10. The summed E-state index contributed by atoms with van der Waals surface area (Å²) in [6.45, 7) is 5.90. The first-order chi connectivity index (χ1) is 13.7. The third-order valence-corrected chi connectivity index (χ3v) is 5.61. The van der Waals surface area contributed by atoms with Crippen molar-refractivity contribution in [2.24, 2.45) is 5.92 Å². The van der Waals surface area contributed by atoms with Crippen LogP contribution in [-0.2, 0) is 14.8 Å². The highest BCUT2D eigenvalue weighted by Gasteiger charge is 2.16. The fourth-order valence-electron chi connectivity index (χ4n) is 2.61. The van der Waals surface area contributed by atoms with Crippen molar-refractivity contribution in [3.8, 4) is 11.5 Å². The highest BCUT2D eigenvalue weighted by Crippen LogP contribution is 2.24. The number of carbonyl (C=O) groups is 1. The number of para-hydroxylation sites is 1. The van der Waals surface area contributed by atoms with Gasteiger partial charge in [-0.2, -0.15) is 0 Å². The molecule has 0 aromatic heterocycles. The number of benzene rings is 2. The van der Waals surface area contributed by atoms with Crippen LogP contribution in [0.4, 0.5) is 0 Å². The zero-order valence-electron chi connectivity index (χ0n) is 17.1. The summed E-state index contributed by atoms with van der Waals surface area (Å²) >= 11 is 0. The molecule has 29 heavy (non-hydrogen) atoms. The quantitative estimate of drug-likeness (QED) is 0.616. The Kier molecular flexibility index (Phi) is 8.04. The zero-order valence-corrected chi connectivity index (χ0v) is 18.0. The Bertz CT molecular complexity index is 911. The van der Waals surface area contributed by atoms with Gasteiger partial charge in [0, 0.05) is 12.1 Å². The molecule has 0 heterocycles. The summed E-state index contributed by atoms with van der Waals surface area (Å²) in [4.78, 5) is 12.3. The molecule has 7 nitrogen and oxygen atoms in total. The number of nitrogens with one attached hydrogen (secondary N) is 2. The lowest BCUT2D eigenvalue weighted by atomic mass is 10.1. The second kappa shape index (κ2) is 10.3. The Hall–Kier alpha value is -2.58. The van der Waals surface area contributed by atoms with Crippen molar-refractivity contribution in [1.82, 2.24) is 10.0 Å². The molecule has 1 amide bonds. The van der Waals surface area contributed by atoms with Crippen LogP contribution in [0.3, 0.4) is 0 Å². The van der Waals surface area contributed by atoms with Gasteiger partial charge in [-0.3, -0.25) is 4.79 Å². The van der Waals surface area contributed by atoms with E-state index in [2.05, 4.69) is 10.0 Å². The first-order valence-electron chi connectivity index (χ1n) is 9.37. The van der Waals surface area contributed by atoms with Crippen LogP contribution in [0.1, 0.15) is 32.4 Å². The maximum Gasteiger partial charge on any atom is 0.258 e. The second-order valence-electron chi connectivity index (χ2n) is 7.04. The molecule has 2 aromatic carbocycles. The van der Waals surface area contributed by atoms with Crippen LogP contribution < -0.4 is 19.5 Å². The second-order valence-corrected chi connectivity index (χ2v) is 8.80. The van der Waals surface area contributed by atoms with Crippen LogP contribution in [0, 0.1) is 5.92 Å². The van der Waals surface area contributed by atoms with Gasteiger partial charge in [0.05, 0.1) is 18.0 Å². The molecule has 8 heteroatoms. The van der Waals surface area contributed by atoms with E-state index in [1.807, 2.05) is 45.0 Å². The van der Waals surface area contributed by atoms with Gasteiger partial charge in [-0.15, -0.1) is 0 Å². The van der Waals surface area contributed by atoms with Gasteiger partial charge in [0.15, 0.2) is 6.61 Å². The molecule has 1 unspecified atom stereocenters. The number of carbonyl (C=O) groups excluding carboxylic acids is 1. The Balaban J connectivity index is 1.90. The van der Waals surface area contributed by atoms with Crippen molar-refractivity contribution < 1.29 is 22.7 Å². The number of hydrogen-bond acceptors (Lipinski definition) is 5. The van der Waals surface area contributed by atoms with Crippen molar-refractivity contribution in [3.05, 3.63) is 54.1 Å². The van der Waals surface area contributed by atoms with Crippen LogP contribution in [0.2, 0.25) is 0 Å². The number of sulfonamides is 1. The van der Waals surface area contributed by atoms with E-state index in [9.17, 15) is 13.2 Å². The summed E-state index contributed by atoms with van der Waals surface area (Å²) in [6.07, 6.45) is 0. The van der Waals surface area contributed by atoms with Gasteiger partial charge >= 0.3 is 0 Å². The third-order valence-electron chi connectivity index (χ3n) is 4.17. The van der Waals surface area contributed by atoms with Gasteiger partial charge in [-0.05, 0) is 43.2 Å². The summed E-state index contributed by atoms with van der Waals surface area (Å²) in [6, 6.07) is 13.2. The lowest BCUT2D eigenvalue weighted by Gasteiger charge is -2.17. The Morgan fingerprint density at radius 1 is 1.03 bits per heavy atom. The lowest BCUT2D eigenvalue weighted by Crippen LogP contribution is -2.31. The molecule has 0 saturated carbocycles. The molecule has 2 aromatic rings. The largest absolute Gasteiger partial charge is 0.496 e. The average molecular weight is 421 g/mol. The van der Waals surface area contributed by atoms with Gasteiger partial charge in [0.2, 0.25) is 10.0 Å². The minimum atomic E-state index is -3.55.